The molecule has 6 heteroatoms. The van der Waals surface area contributed by atoms with Crippen molar-refractivity contribution in [1.82, 2.24) is 0 Å². The van der Waals surface area contributed by atoms with Crippen molar-refractivity contribution >= 4 is 11.9 Å². The van der Waals surface area contributed by atoms with Gasteiger partial charge in [0.25, 0.3) is 0 Å². The van der Waals surface area contributed by atoms with Crippen molar-refractivity contribution in [3.05, 3.63) is 0 Å². The van der Waals surface area contributed by atoms with Gasteiger partial charge in [-0.05, 0) is 62.7 Å². The summed E-state index contributed by atoms with van der Waals surface area (Å²) in [6, 6.07) is 0. The van der Waals surface area contributed by atoms with Gasteiger partial charge in [-0.3, -0.25) is 4.79 Å². The Bertz CT molecular complexity index is 469. The fourth-order valence-corrected chi connectivity index (χ4v) is 4.94. The lowest BCUT2D eigenvalue weighted by atomic mass is 9.50. The molecule has 0 aliphatic heterocycles. The Morgan fingerprint density at radius 2 is 1.61 bits per heavy atom. The van der Waals surface area contributed by atoms with Crippen LogP contribution in [0.15, 0.2) is 0 Å². The Balaban J connectivity index is 1.51. The van der Waals surface area contributed by atoms with Gasteiger partial charge < -0.3 is 9.47 Å². The van der Waals surface area contributed by atoms with Crippen molar-refractivity contribution in [2.45, 2.75) is 63.9 Å². The van der Waals surface area contributed by atoms with E-state index in [4.69, 9.17) is 4.74 Å². The molecule has 0 aromatic carbocycles. The first-order valence-corrected chi connectivity index (χ1v) is 8.45. The molecular weight excluding hydrogens is 306 g/mol. The van der Waals surface area contributed by atoms with Crippen molar-refractivity contribution in [2.75, 3.05) is 6.61 Å². The number of rotatable bonds is 5. The van der Waals surface area contributed by atoms with Gasteiger partial charge >= 0.3 is 17.9 Å². The molecule has 0 atom stereocenters. The maximum atomic E-state index is 12.7. The largest absolute Gasteiger partial charge is 0.461 e. The van der Waals surface area contributed by atoms with Crippen LogP contribution in [0, 0.1) is 23.7 Å². The third kappa shape index (κ3) is 3.22. The summed E-state index contributed by atoms with van der Waals surface area (Å²) in [5.74, 6) is -3.24. The quantitative estimate of drug-likeness (QED) is 0.726. The lowest BCUT2D eigenvalue weighted by Gasteiger charge is -2.59. The van der Waals surface area contributed by atoms with E-state index in [2.05, 4.69) is 4.74 Å². The average Bonchev–Trinajstić information content (AvgIpc) is 2.43. The van der Waals surface area contributed by atoms with E-state index in [1.807, 2.05) is 6.92 Å². The van der Waals surface area contributed by atoms with Crippen LogP contribution < -0.4 is 0 Å². The second-order valence-electron chi connectivity index (χ2n) is 7.74. The molecule has 4 saturated carbocycles. The molecule has 130 valence electrons. The van der Waals surface area contributed by atoms with E-state index < -0.39 is 23.5 Å². The van der Waals surface area contributed by atoms with Crippen LogP contribution >= 0.6 is 0 Å². The first kappa shape index (κ1) is 16.7. The summed E-state index contributed by atoms with van der Waals surface area (Å²) in [5.41, 5.74) is -0.441. The highest BCUT2D eigenvalue weighted by Crippen LogP contribution is 2.59. The average molecular weight is 330 g/mol. The molecule has 4 aliphatic rings. The standard InChI is InChI=1S/C17H24F2O4/c1-16(12-6-10-5-11(8-12)9-13(16)7-10)23-14(20)3-4-22-15(21)17(2,18)19/h10-13H,3-9H2,1-2H3. The van der Waals surface area contributed by atoms with E-state index in [0.29, 0.717) is 18.8 Å². The molecule has 4 fully saturated rings. The Morgan fingerprint density at radius 1 is 1.09 bits per heavy atom. The number of hydrogen-bond acceptors (Lipinski definition) is 4. The Labute approximate surface area is 134 Å². The molecule has 0 spiro atoms. The molecule has 0 radical (unpaired) electrons. The van der Waals surface area contributed by atoms with Crippen LogP contribution in [-0.4, -0.2) is 30.1 Å². The normalized spacial score (nSPS) is 38.4. The summed E-state index contributed by atoms with van der Waals surface area (Å²) in [4.78, 5) is 23.0. The lowest BCUT2D eigenvalue weighted by molar-refractivity contribution is -0.204. The van der Waals surface area contributed by atoms with Gasteiger partial charge in [0.1, 0.15) is 12.2 Å². The van der Waals surface area contributed by atoms with E-state index in [9.17, 15) is 18.4 Å². The molecule has 23 heavy (non-hydrogen) atoms. The topological polar surface area (TPSA) is 52.6 Å². The molecule has 0 N–H and O–H groups in total. The highest BCUT2D eigenvalue weighted by atomic mass is 19.3. The predicted molar refractivity (Wildman–Crippen MR) is 77.7 cm³/mol. The van der Waals surface area contributed by atoms with Gasteiger partial charge in [-0.1, -0.05) is 0 Å². The highest BCUT2D eigenvalue weighted by molar-refractivity contribution is 5.77. The Kier molecular flexibility index (Phi) is 4.13. The van der Waals surface area contributed by atoms with Gasteiger partial charge in [-0.2, -0.15) is 8.78 Å². The van der Waals surface area contributed by atoms with Gasteiger partial charge in [0, 0.05) is 6.92 Å². The third-order valence-corrected chi connectivity index (χ3v) is 5.99. The van der Waals surface area contributed by atoms with Crippen molar-refractivity contribution < 1.29 is 27.8 Å². The molecule has 0 amide bonds. The Hall–Kier alpha value is -1.20. The van der Waals surface area contributed by atoms with E-state index in [-0.39, 0.29) is 13.0 Å². The second-order valence-corrected chi connectivity index (χ2v) is 7.74. The molecule has 0 unspecified atom stereocenters. The third-order valence-electron chi connectivity index (χ3n) is 5.99. The van der Waals surface area contributed by atoms with Crippen LogP contribution in [-0.2, 0) is 19.1 Å². The van der Waals surface area contributed by atoms with Crippen molar-refractivity contribution in [2.24, 2.45) is 23.7 Å². The SMILES string of the molecule is CC(F)(F)C(=O)OCCC(=O)OC1(C)C2CC3CC(C2)CC1C3. The van der Waals surface area contributed by atoms with Crippen LogP contribution in [0.4, 0.5) is 8.78 Å². The second kappa shape index (κ2) is 5.71. The maximum absolute atomic E-state index is 12.7. The minimum Gasteiger partial charge on any atom is -0.461 e. The Morgan fingerprint density at radius 3 is 2.09 bits per heavy atom. The first-order valence-electron chi connectivity index (χ1n) is 8.45. The molecule has 0 saturated heterocycles. The number of halogens is 2. The lowest BCUT2D eigenvalue weighted by Crippen LogP contribution is -2.58. The van der Waals surface area contributed by atoms with Crippen molar-refractivity contribution in [3.8, 4) is 0 Å². The van der Waals surface area contributed by atoms with E-state index >= 15 is 0 Å². The van der Waals surface area contributed by atoms with Crippen molar-refractivity contribution in [1.29, 1.82) is 0 Å². The van der Waals surface area contributed by atoms with Gasteiger partial charge in [-0.15, -0.1) is 0 Å². The van der Waals surface area contributed by atoms with Crippen molar-refractivity contribution in [3.63, 3.8) is 0 Å². The summed E-state index contributed by atoms with van der Waals surface area (Å²) < 4.78 is 35.6. The number of carbonyl (C=O) groups excluding carboxylic acids is 2. The molecule has 0 aromatic heterocycles. The van der Waals surface area contributed by atoms with Gasteiger partial charge in [0.15, 0.2) is 0 Å². The monoisotopic (exact) mass is 330 g/mol. The molecule has 4 bridgehead atoms. The molecule has 4 aliphatic carbocycles. The first-order chi connectivity index (χ1) is 10.7. The van der Waals surface area contributed by atoms with E-state index in [1.165, 1.54) is 6.42 Å². The van der Waals surface area contributed by atoms with Crippen LogP contribution in [0.25, 0.3) is 0 Å². The van der Waals surface area contributed by atoms with Gasteiger partial charge in [-0.25, -0.2) is 4.79 Å². The summed E-state index contributed by atoms with van der Waals surface area (Å²) >= 11 is 0. The zero-order valence-corrected chi connectivity index (χ0v) is 13.6. The maximum Gasteiger partial charge on any atom is 0.376 e. The summed E-state index contributed by atoms with van der Waals surface area (Å²) in [6.45, 7) is 2.13. The van der Waals surface area contributed by atoms with E-state index in [1.54, 1.807) is 0 Å². The van der Waals surface area contributed by atoms with Gasteiger partial charge in [0.05, 0.1) is 6.42 Å². The highest BCUT2D eigenvalue weighted by Gasteiger charge is 2.56. The zero-order valence-electron chi connectivity index (χ0n) is 13.6. The summed E-state index contributed by atoms with van der Waals surface area (Å²) in [5, 5.41) is 0. The number of alkyl halides is 2. The number of ether oxygens (including phenoxy) is 2. The van der Waals surface area contributed by atoms with Crippen LogP contribution in [0.3, 0.4) is 0 Å². The van der Waals surface area contributed by atoms with Crippen LogP contribution in [0.1, 0.15) is 52.4 Å². The van der Waals surface area contributed by atoms with Crippen LogP contribution in [0.2, 0.25) is 0 Å². The fourth-order valence-electron chi connectivity index (χ4n) is 4.94. The summed E-state index contributed by atoms with van der Waals surface area (Å²) in [6.07, 6.45) is 5.62. The minimum absolute atomic E-state index is 0.177. The number of hydrogen-bond donors (Lipinski definition) is 0. The predicted octanol–water partition coefficient (Wildman–Crippen LogP) is 3.33. The molecule has 4 nitrogen and oxygen atoms in total. The van der Waals surface area contributed by atoms with Gasteiger partial charge in [0.2, 0.25) is 0 Å². The number of esters is 2. The number of carbonyl (C=O) groups is 2. The fraction of sp³-hybridized carbons (Fsp3) is 0.882. The van der Waals surface area contributed by atoms with Crippen LogP contribution in [0.5, 0.6) is 0 Å². The smallest absolute Gasteiger partial charge is 0.376 e. The molecule has 4 rings (SSSR count). The molecule has 0 heterocycles. The zero-order chi connectivity index (χ0) is 16.8. The minimum atomic E-state index is -3.53. The van der Waals surface area contributed by atoms with E-state index in [0.717, 1.165) is 37.5 Å². The summed E-state index contributed by atoms with van der Waals surface area (Å²) in [7, 11) is 0. The molecule has 0 aromatic rings. The molecular formula is C17H24F2O4.